The third-order valence-corrected chi connectivity index (χ3v) is 2.32. The molecule has 0 aromatic rings. The summed E-state index contributed by atoms with van der Waals surface area (Å²) in [6.07, 6.45) is 2.21. The number of carbonyl (C=O) groups is 2. The maximum atomic E-state index is 11.8. The van der Waals surface area contributed by atoms with Gasteiger partial charge in [-0.1, -0.05) is 13.3 Å². The maximum absolute atomic E-state index is 11.8. The molecule has 2 atom stereocenters. The second-order valence-electron chi connectivity index (χ2n) is 3.75. The zero-order valence-corrected chi connectivity index (χ0v) is 10.2. The summed E-state index contributed by atoms with van der Waals surface area (Å²) in [7, 11) is 0. The van der Waals surface area contributed by atoms with Crippen molar-refractivity contribution in [2.75, 3.05) is 0 Å². The standard InChI is InChI=1S/C12H20N2O2/c1-4-6-8-10(7-5-2)12(16)14-9(3)11(13)15/h9-10H,5,7-8H2,1-3H3,(H2,13,15)(H,14,16)/t9-,10-/m1/s1. The molecule has 0 spiro atoms. The van der Waals surface area contributed by atoms with E-state index in [9.17, 15) is 9.59 Å². The largest absolute Gasteiger partial charge is 0.368 e. The topological polar surface area (TPSA) is 72.2 Å². The Morgan fingerprint density at radius 2 is 2.06 bits per heavy atom. The van der Waals surface area contributed by atoms with Crippen LogP contribution in [0.3, 0.4) is 0 Å². The molecule has 16 heavy (non-hydrogen) atoms. The van der Waals surface area contributed by atoms with E-state index in [1.807, 2.05) is 6.92 Å². The Balaban J connectivity index is 4.35. The van der Waals surface area contributed by atoms with Crippen molar-refractivity contribution >= 4 is 11.8 Å². The summed E-state index contributed by atoms with van der Waals surface area (Å²) in [6.45, 7) is 5.33. The van der Waals surface area contributed by atoms with Crippen LogP contribution >= 0.6 is 0 Å². The Labute approximate surface area is 97.0 Å². The van der Waals surface area contributed by atoms with Crippen molar-refractivity contribution in [3.8, 4) is 11.8 Å². The molecule has 3 N–H and O–H groups in total. The monoisotopic (exact) mass is 224 g/mol. The van der Waals surface area contributed by atoms with Gasteiger partial charge in [0.05, 0.1) is 0 Å². The first-order valence-electron chi connectivity index (χ1n) is 5.52. The number of amides is 2. The lowest BCUT2D eigenvalue weighted by Crippen LogP contribution is -2.44. The molecule has 90 valence electrons. The van der Waals surface area contributed by atoms with Gasteiger partial charge in [0, 0.05) is 12.3 Å². The van der Waals surface area contributed by atoms with Gasteiger partial charge >= 0.3 is 0 Å². The van der Waals surface area contributed by atoms with Crippen molar-refractivity contribution in [2.24, 2.45) is 11.7 Å². The predicted molar refractivity (Wildman–Crippen MR) is 63.3 cm³/mol. The molecule has 4 heteroatoms. The maximum Gasteiger partial charge on any atom is 0.239 e. The summed E-state index contributed by atoms with van der Waals surface area (Å²) >= 11 is 0. The van der Waals surface area contributed by atoms with E-state index in [-0.39, 0.29) is 11.8 Å². The van der Waals surface area contributed by atoms with Crippen LogP contribution in [0.1, 0.15) is 40.0 Å². The molecular formula is C12H20N2O2. The lowest BCUT2D eigenvalue weighted by Gasteiger charge is -2.16. The minimum absolute atomic E-state index is 0.143. The second kappa shape index (κ2) is 7.75. The number of nitrogens with two attached hydrogens (primary N) is 1. The zero-order chi connectivity index (χ0) is 12.6. The molecule has 0 aliphatic heterocycles. The number of hydrogen-bond acceptors (Lipinski definition) is 2. The van der Waals surface area contributed by atoms with Gasteiger partial charge in [0.25, 0.3) is 0 Å². The second-order valence-corrected chi connectivity index (χ2v) is 3.75. The Morgan fingerprint density at radius 1 is 1.44 bits per heavy atom. The summed E-state index contributed by atoms with van der Waals surface area (Å²) in [4.78, 5) is 22.6. The van der Waals surface area contributed by atoms with Crippen molar-refractivity contribution in [1.82, 2.24) is 5.32 Å². The first kappa shape index (κ1) is 14.5. The fourth-order valence-electron chi connectivity index (χ4n) is 1.30. The van der Waals surface area contributed by atoms with Gasteiger partial charge in [-0.05, 0) is 20.3 Å². The summed E-state index contributed by atoms with van der Waals surface area (Å²) in [6, 6.07) is -0.624. The smallest absolute Gasteiger partial charge is 0.239 e. The number of carbonyl (C=O) groups excluding carboxylic acids is 2. The van der Waals surface area contributed by atoms with Gasteiger partial charge < -0.3 is 11.1 Å². The van der Waals surface area contributed by atoms with E-state index < -0.39 is 11.9 Å². The van der Waals surface area contributed by atoms with Crippen LogP contribution in [0.15, 0.2) is 0 Å². The highest BCUT2D eigenvalue weighted by molar-refractivity contribution is 5.87. The highest BCUT2D eigenvalue weighted by atomic mass is 16.2. The quantitative estimate of drug-likeness (QED) is 0.655. The van der Waals surface area contributed by atoms with Gasteiger partial charge in [-0.25, -0.2) is 0 Å². The van der Waals surface area contributed by atoms with E-state index in [4.69, 9.17) is 5.73 Å². The van der Waals surface area contributed by atoms with Crippen LogP contribution in [0, 0.1) is 17.8 Å². The molecule has 2 amide bonds. The molecule has 0 unspecified atom stereocenters. The Kier molecular flexibility index (Phi) is 7.02. The molecule has 0 saturated heterocycles. The van der Waals surface area contributed by atoms with Crippen molar-refractivity contribution in [1.29, 1.82) is 0 Å². The minimum Gasteiger partial charge on any atom is -0.368 e. The van der Waals surface area contributed by atoms with Gasteiger partial charge in [0.2, 0.25) is 11.8 Å². The zero-order valence-electron chi connectivity index (χ0n) is 10.2. The first-order chi connectivity index (χ1) is 7.52. The van der Waals surface area contributed by atoms with E-state index in [0.717, 1.165) is 12.8 Å². The van der Waals surface area contributed by atoms with Crippen molar-refractivity contribution < 1.29 is 9.59 Å². The third-order valence-electron chi connectivity index (χ3n) is 2.32. The molecular weight excluding hydrogens is 204 g/mol. The van der Waals surface area contributed by atoms with Crippen LogP contribution < -0.4 is 11.1 Å². The lowest BCUT2D eigenvalue weighted by atomic mass is 9.98. The van der Waals surface area contributed by atoms with Crippen molar-refractivity contribution in [3.63, 3.8) is 0 Å². The van der Waals surface area contributed by atoms with Crippen LogP contribution in [0.5, 0.6) is 0 Å². The molecule has 4 nitrogen and oxygen atoms in total. The number of nitrogens with one attached hydrogen (secondary N) is 1. The number of rotatable bonds is 6. The third kappa shape index (κ3) is 5.40. The average Bonchev–Trinajstić information content (AvgIpc) is 2.23. The minimum atomic E-state index is -0.624. The Hall–Kier alpha value is -1.50. The van der Waals surface area contributed by atoms with Gasteiger partial charge in [-0.2, -0.15) is 0 Å². The summed E-state index contributed by atoms with van der Waals surface area (Å²) in [5, 5.41) is 2.59. The van der Waals surface area contributed by atoms with Crippen molar-refractivity contribution in [2.45, 2.75) is 46.1 Å². The van der Waals surface area contributed by atoms with E-state index in [1.54, 1.807) is 13.8 Å². The van der Waals surface area contributed by atoms with E-state index in [0.29, 0.717) is 6.42 Å². The SMILES string of the molecule is CC#CC[C@@H](CCC)C(=O)N[C@H](C)C(N)=O. The summed E-state index contributed by atoms with van der Waals surface area (Å²) in [5.41, 5.74) is 5.08. The van der Waals surface area contributed by atoms with Crippen molar-refractivity contribution in [3.05, 3.63) is 0 Å². The summed E-state index contributed by atoms with van der Waals surface area (Å²) in [5.74, 6) is 4.84. The molecule has 0 saturated carbocycles. The molecule has 0 aromatic heterocycles. The first-order valence-corrected chi connectivity index (χ1v) is 5.52. The van der Waals surface area contributed by atoms with Crippen LogP contribution in [0.2, 0.25) is 0 Å². The summed E-state index contributed by atoms with van der Waals surface area (Å²) < 4.78 is 0. The Bertz CT molecular complexity index is 302. The van der Waals surface area contributed by atoms with E-state index in [1.165, 1.54) is 0 Å². The molecule has 0 aliphatic rings. The fourth-order valence-corrected chi connectivity index (χ4v) is 1.30. The molecule has 0 fully saturated rings. The molecule has 0 aliphatic carbocycles. The molecule has 0 bridgehead atoms. The van der Waals surface area contributed by atoms with Gasteiger partial charge in [0.15, 0.2) is 0 Å². The fraction of sp³-hybridized carbons (Fsp3) is 0.667. The molecule has 0 aromatic carbocycles. The van der Waals surface area contributed by atoms with Crippen LogP contribution in [0.25, 0.3) is 0 Å². The van der Waals surface area contributed by atoms with Gasteiger partial charge in [-0.15, -0.1) is 11.8 Å². The molecule has 0 heterocycles. The molecule has 0 rings (SSSR count). The Morgan fingerprint density at radius 3 is 2.50 bits per heavy atom. The normalized spacial score (nSPS) is 13.2. The van der Waals surface area contributed by atoms with Crippen LogP contribution in [-0.2, 0) is 9.59 Å². The van der Waals surface area contributed by atoms with E-state index >= 15 is 0 Å². The van der Waals surface area contributed by atoms with Crippen LogP contribution in [0.4, 0.5) is 0 Å². The van der Waals surface area contributed by atoms with Gasteiger partial charge in [-0.3, -0.25) is 9.59 Å². The lowest BCUT2D eigenvalue weighted by molar-refractivity contribution is -0.129. The highest BCUT2D eigenvalue weighted by Crippen LogP contribution is 2.11. The number of primary amides is 1. The average molecular weight is 224 g/mol. The molecule has 0 radical (unpaired) electrons. The number of hydrogen-bond donors (Lipinski definition) is 2. The van der Waals surface area contributed by atoms with E-state index in [2.05, 4.69) is 17.2 Å². The highest BCUT2D eigenvalue weighted by Gasteiger charge is 2.20. The van der Waals surface area contributed by atoms with Gasteiger partial charge in [0.1, 0.15) is 6.04 Å². The predicted octanol–water partition coefficient (Wildman–Crippen LogP) is 0.806. The van der Waals surface area contributed by atoms with Crippen LogP contribution in [-0.4, -0.2) is 17.9 Å².